The lowest BCUT2D eigenvalue weighted by Crippen LogP contribution is -2.71. The summed E-state index contributed by atoms with van der Waals surface area (Å²) in [4.78, 5) is 59.8. The highest BCUT2D eigenvalue weighted by Gasteiger charge is 2.53. The van der Waals surface area contributed by atoms with Crippen molar-refractivity contribution in [2.75, 3.05) is 11.5 Å². The van der Waals surface area contributed by atoms with Crippen LogP contribution in [0.2, 0.25) is 0 Å². The van der Waals surface area contributed by atoms with Crippen LogP contribution in [0.5, 0.6) is 0 Å². The van der Waals surface area contributed by atoms with Crippen LogP contribution in [0.25, 0.3) is 10.1 Å². The number of aromatic nitrogens is 2. The number of oxime groups is 1. The minimum atomic E-state index is -1.79. The Morgan fingerprint density at radius 3 is 2.85 bits per heavy atom. The number of nitrogen functional groups attached to an aromatic ring is 1. The van der Waals surface area contributed by atoms with Crippen molar-refractivity contribution in [3.8, 4) is 0 Å². The molecule has 16 heteroatoms. The van der Waals surface area contributed by atoms with Crippen molar-refractivity contribution in [1.29, 1.82) is 0 Å². The zero-order valence-electron chi connectivity index (χ0n) is 21.0. The average molecular weight is 587 g/mol. The van der Waals surface area contributed by atoms with E-state index >= 15 is 0 Å². The van der Waals surface area contributed by atoms with Gasteiger partial charge in [0.15, 0.2) is 24.7 Å². The van der Waals surface area contributed by atoms with E-state index < -0.39 is 46.5 Å². The van der Waals surface area contributed by atoms with Crippen molar-refractivity contribution >= 4 is 68.7 Å². The molecule has 3 aromatic heterocycles. The summed E-state index contributed by atoms with van der Waals surface area (Å²) in [5, 5.41) is 29.8. The van der Waals surface area contributed by atoms with Gasteiger partial charge >= 0.3 is 5.97 Å². The summed E-state index contributed by atoms with van der Waals surface area (Å²) in [5.74, 6) is -4.16. The highest BCUT2D eigenvalue weighted by atomic mass is 32.2. The summed E-state index contributed by atoms with van der Waals surface area (Å²) in [6.45, 7) is 2.68. The molecule has 5 heterocycles. The molecule has 2 atom stereocenters. The number of carbonyl (C=O) groups excluding carboxylic acids is 3. The van der Waals surface area contributed by atoms with Crippen LogP contribution in [0.1, 0.15) is 19.5 Å². The van der Waals surface area contributed by atoms with Gasteiger partial charge in [-0.05, 0) is 25.3 Å². The van der Waals surface area contributed by atoms with Gasteiger partial charge in [0.05, 0.1) is 17.1 Å². The van der Waals surface area contributed by atoms with E-state index in [2.05, 4.69) is 15.5 Å². The first-order valence-electron chi connectivity index (χ1n) is 11.7. The van der Waals surface area contributed by atoms with Crippen molar-refractivity contribution in [3.05, 3.63) is 53.1 Å². The zero-order valence-corrected chi connectivity index (χ0v) is 22.7. The summed E-state index contributed by atoms with van der Waals surface area (Å²) in [6, 6.07) is 2.50. The van der Waals surface area contributed by atoms with Crippen LogP contribution in [-0.4, -0.2) is 67.2 Å². The molecule has 208 valence electrons. The van der Waals surface area contributed by atoms with E-state index in [9.17, 15) is 29.4 Å². The minimum Gasteiger partial charge on any atom is -0.543 e. The third-order valence-electron chi connectivity index (χ3n) is 6.21. The number of nitrogens with zero attached hydrogens (tertiary/aromatic N) is 4. The fourth-order valence-electron chi connectivity index (χ4n) is 4.08. The maximum absolute atomic E-state index is 13.2. The quantitative estimate of drug-likeness (QED) is 0.125. The highest BCUT2D eigenvalue weighted by Crippen LogP contribution is 2.40. The van der Waals surface area contributed by atoms with Crippen molar-refractivity contribution in [2.45, 2.75) is 37.4 Å². The van der Waals surface area contributed by atoms with Gasteiger partial charge in [-0.25, -0.2) is 9.36 Å². The second kappa shape index (κ2) is 10.3. The first-order valence-corrected chi connectivity index (χ1v) is 13.7. The van der Waals surface area contributed by atoms with Crippen LogP contribution in [0.3, 0.4) is 0 Å². The first kappa shape index (κ1) is 27.1. The molecule has 2 amide bonds. The van der Waals surface area contributed by atoms with Gasteiger partial charge in [0.25, 0.3) is 17.8 Å². The first-order chi connectivity index (χ1) is 19.0. The van der Waals surface area contributed by atoms with E-state index in [1.807, 2.05) is 34.5 Å². The molecule has 2 aliphatic rings. The summed E-state index contributed by atoms with van der Waals surface area (Å²) < 4.78 is 7.85. The number of amides is 2. The molecule has 4 N–H and O–H groups in total. The maximum Gasteiger partial charge on any atom is 0.350 e. The van der Waals surface area contributed by atoms with Gasteiger partial charge in [0.2, 0.25) is 5.60 Å². The lowest BCUT2D eigenvalue weighted by atomic mass is 10.0. The number of hydrogen-bond acceptors (Lipinski definition) is 12. The number of carboxylic acid groups (broad SMARTS) is 2. The number of thioether (sulfide) groups is 1. The second-order valence-electron chi connectivity index (χ2n) is 9.38. The fraction of sp³-hybridized carbons (Fsp3) is 0.292. The van der Waals surface area contributed by atoms with Crippen LogP contribution in [-0.2, 0) is 30.6 Å². The van der Waals surface area contributed by atoms with E-state index in [4.69, 9.17) is 15.0 Å². The number of anilines is 1. The normalized spacial score (nSPS) is 19.3. The molecule has 0 bridgehead atoms. The molecule has 0 aliphatic carbocycles. The SMILES string of the molecule is CC(C)(O/N=C(/C(=O)NC1C(=O)N2C(C(=O)[O-])=C(C[n+]3ccc4sccc4c3)CSC12)c1coc(N)n1)C(=O)O. The van der Waals surface area contributed by atoms with Crippen LogP contribution in [0, 0.1) is 0 Å². The van der Waals surface area contributed by atoms with Crippen LogP contribution in [0.15, 0.2) is 57.0 Å². The molecular formula is C24H22N6O8S2. The van der Waals surface area contributed by atoms with Gasteiger partial charge in [-0.1, -0.05) is 5.16 Å². The molecule has 3 aromatic rings. The predicted octanol–water partition coefficient (Wildman–Crippen LogP) is -0.553. The Kier molecular flexibility index (Phi) is 6.97. The summed E-state index contributed by atoms with van der Waals surface area (Å²) in [7, 11) is 0. The lowest BCUT2D eigenvalue weighted by molar-refractivity contribution is -0.687. The summed E-state index contributed by atoms with van der Waals surface area (Å²) in [5.41, 5.74) is 3.31. The molecular weight excluding hydrogens is 564 g/mol. The summed E-state index contributed by atoms with van der Waals surface area (Å²) in [6.07, 6.45) is 4.75. The molecule has 1 saturated heterocycles. The van der Waals surface area contributed by atoms with E-state index in [0.717, 1.165) is 21.2 Å². The molecule has 0 aromatic carbocycles. The van der Waals surface area contributed by atoms with E-state index in [-0.39, 0.29) is 29.7 Å². The molecule has 0 spiro atoms. The lowest BCUT2D eigenvalue weighted by Gasteiger charge is -2.50. The Hall–Kier alpha value is -4.44. The molecule has 0 saturated carbocycles. The Morgan fingerprint density at radius 1 is 1.40 bits per heavy atom. The van der Waals surface area contributed by atoms with Gasteiger partial charge in [0.1, 0.15) is 23.4 Å². The number of carboxylic acids is 2. The van der Waals surface area contributed by atoms with Crippen LogP contribution in [0.4, 0.5) is 6.01 Å². The van der Waals surface area contributed by atoms with Gasteiger partial charge in [-0.3, -0.25) is 14.5 Å². The largest absolute Gasteiger partial charge is 0.543 e. The average Bonchev–Trinajstić information content (AvgIpc) is 3.55. The Balaban J connectivity index is 1.36. The van der Waals surface area contributed by atoms with Crippen molar-refractivity contribution in [2.24, 2.45) is 5.16 Å². The standard InChI is InChI=1S/C24H22N6O8S2/c1-24(2,22(35)36)38-28-15(13-9-37-23(25)26-13)18(31)27-16-19(32)30-17(21(33)34)12(10-40-20(16)30)8-29-5-3-14-11(7-29)4-6-39-14/h3-7,9,16,20H,8,10H2,1-2H3,(H4-,25,26,27,31,33,34,35,36)/b28-15+. The number of nitrogens with two attached hydrogens (primary N) is 1. The highest BCUT2D eigenvalue weighted by molar-refractivity contribution is 8.00. The Morgan fingerprint density at radius 2 is 2.17 bits per heavy atom. The third-order valence-corrected chi connectivity index (χ3v) is 8.45. The van der Waals surface area contributed by atoms with Crippen LogP contribution < -0.4 is 20.7 Å². The molecule has 1 fully saturated rings. The molecule has 5 rings (SSSR count). The van der Waals surface area contributed by atoms with E-state index in [1.54, 1.807) is 11.3 Å². The van der Waals surface area contributed by atoms with Gasteiger partial charge in [-0.15, -0.1) is 23.1 Å². The minimum absolute atomic E-state index is 0.159. The second-order valence-corrected chi connectivity index (χ2v) is 11.4. The van der Waals surface area contributed by atoms with Gasteiger partial charge < -0.3 is 35.3 Å². The Labute approximate surface area is 234 Å². The van der Waals surface area contributed by atoms with Gasteiger partial charge in [-0.2, -0.15) is 4.98 Å². The molecule has 2 unspecified atom stereocenters. The number of thiophene rings is 1. The smallest absolute Gasteiger partial charge is 0.350 e. The van der Waals surface area contributed by atoms with E-state index in [1.165, 1.54) is 25.6 Å². The number of hydrogen-bond donors (Lipinski definition) is 3. The monoisotopic (exact) mass is 586 g/mol. The molecule has 14 nitrogen and oxygen atoms in total. The molecule has 2 aliphatic heterocycles. The number of carbonyl (C=O) groups is 4. The topological polar surface area (TPSA) is 204 Å². The maximum atomic E-state index is 13.2. The molecule has 0 radical (unpaired) electrons. The number of fused-ring (bicyclic) bond motifs is 2. The fourth-order valence-corrected chi connectivity index (χ4v) is 6.17. The number of nitrogens with one attached hydrogen (secondary N) is 1. The summed E-state index contributed by atoms with van der Waals surface area (Å²) >= 11 is 2.87. The zero-order chi connectivity index (χ0) is 28.8. The van der Waals surface area contributed by atoms with Crippen molar-refractivity contribution in [1.82, 2.24) is 15.2 Å². The van der Waals surface area contributed by atoms with Crippen molar-refractivity contribution < 1.29 is 43.2 Å². The van der Waals surface area contributed by atoms with Crippen molar-refractivity contribution in [3.63, 3.8) is 0 Å². The third kappa shape index (κ3) is 4.98. The Bertz CT molecular complexity index is 1610. The number of pyridine rings is 1. The predicted molar refractivity (Wildman–Crippen MR) is 139 cm³/mol. The number of rotatable bonds is 9. The van der Waals surface area contributed by atoms with E-state index in [0.29, 0.717) is 5.57 Å². The number of aliphatic carboxylic acids is 2. The molecule has 40 heavy (non-hydrogen) atoms. The number of oxazole rings is 1. The number of β-lactam (4-membered cyclic amide) rings is 1. The van der Waals surface area contributed by atoms with Gasteiger partial charge in [0, 0.05) is 22.1 Å². The van der Waals surface area contributed by atoms with Crippen LogP contribution >= 0.6 is 23.1 Å².